The highest BCUT2D eigenvalue weighted by molar-refractivity contribution is 5.75. The zero-order valence-corrected chi connectivity index (χ0v) is 6.69. The first-order chi connectivity index (χ1) is 5.63. The van der Waals surface area contributed by atoms with E-state index in [9.17, 15) is 4.79 Å². The zero-order valence-electron chi connectivity index (χ0n) is 6.69. The average molecular weight is 166 g/mol. The lowest BCUT2D eigenvalue weighted by Gasteiger charge is -2.08. The van der Waals surface area contributed by atoms with Crippen LogP contribution in [0.2, 0.25) is 0 Å². The van der Waals surface area contributed by atoms with Crippen LogP contribution in [0.5, 0.6) is 0 Å². The molecular formula is C8H10N2O2. The van der Waals surface area contributed by atoms with Crippen molar-refractivity contribution < 1.29 is 9.90 Å². The molecule has 4 nitrogen and oxygen atoms in total. The Kier molecular flexibility index (Phi) is 2.40. The van der Waals surface area contributed by atoms with Gasteiger partial charge < -0.3 is 10.8 Å². The number of hydrogen-bond acceptors (Lipinski definition) is 3. The van der Waals surface area contributed by atoms with Gasteiger partial charge in [-0.3, -0.25) is 9.78 Å². The predicted molar refractivity (Wildman–Crippen MR) is 43.5 cm³/mol. The van der Waals surface area contributed by atoms with Crippen LogP contribution in [-0.4, -0.2) is 16.1 Å². The second-order valence-corrected chi connectivity index (χ2v) is 2.55. The summed E-state index contributed by atoms with van der Waals surface area (Å²) in [4.78, 5) is 14.3. The minimum atomic E-state index is -1.04. The van der Waals surface area contributed by atoms with Crippen LogP contribution in [0.4, 0.5) is 0 Å². The van der Waals surface area contributed by atoms with Crippen LogP contribution in [-0.2, 0) is 4.79 Å². The van der Waals surface area contributed by atoms with Crippen LogP contribution in [0.15, 0.2) is 18.5 Å². The van der Waals surface area contributed by atoms with Crippen molar-refractivity contribution in [3.05, 3.63) is 29.6 Å². The highest BCUT2D eigenvalue weighted by Crippen LogP contribution is 2.13. The summed E-state index contributed by atoms with van der Waals surface area (Å²) in [5.41, 5.74) is 6.81. The van der Waals surface area contributed by atoms with E-state index in [0.717, 1.165) is 5.56 Å². The molecule has 64 valence electrons. The van der Waals surface area contributed by atoms with Gasteiger partial charge in [0.25, 0.3) is 0 Å². The topological polar surface area (TPSA) is 76.2 Å². The zero-order chi connectivity index (χ0) is 9.14. The molecule has 0 amide bonds. The normalized spacial score (nSPS) is 12.5. The van der Waals surface area contributed by atoms with Crippen LogP contribution in [0.25, 0.3) is 0 Å². The molecule has 0 fully saturated rings. The van der Waals surface area contributed by atoms with Gasteiger partial charge in [0, 0.05) is 18.0 Å². The molecule has 1 atom stereocenters. The first-order valence-electron chi connectivity index (χ1n) is 3.52. The highest BCUT2D eigenvalue weighted by atomic mass is 16.4. The van der Waals surface area contributed by atoms with E-state index >= 15 is 0 Å². The lowest BCUT2D eigenvalue weighted by atomic mass is 10.1. The Balaban J connectivity index is 3.02. The van der Waals surface area contributed by atoms with Crippen molar-refractivity contribution in [3.63, 3.8) is 0 Å². The number of carbonyl (C=O) groups is 1. The molecule has 0 aromatic carbocycles. The van der Waals surface area contributed by atoms with Crippen molar-refractivity contribution in [1.29, 1.82) is 0 Å². The summed E-state index contributed by atoms with van der Waals surface area (Å²) < 4.78 is 0. The van der Waals surface area contributed by atoms with Gasteiger partial charge in [0.05, 0.1) is 0 Å². The van der Waals surface area contributed by atoms with Gasteiger partial charge in [-0.15, -0.1) is 0 Å². The number of hydrogen-bond donors (Lipinski definition) is 2. The third kappa shape index (κ3) is 1.60. The summed E-state index contributed by atoms with van der Waals surface area (Å²) in [5.74, 6) is -1.04. The number of aryl methyl sites for hydroxylation is 1. The van der Waals surface area contributed by atoms with E-state index in [4.69, 9.17) is 10.8 Å². The Bertz CT molecular complexity index is 299. The Hall–Kier alpha value is -1.42. The molecular weight excluding hydrogens is 156 g/mol. The molecule has 1 unspecified atom stereocenters. The van der Waals surface area contributed by atoms with Crippen molar-refractivity contribution in [2.75, 3.05) is 0 Å². The second kappa shape index (κ2) is 3.32. The standard InChI is InChI=1S/C8H10N2O2/c1-5-2-3-10-4-6(5)7(9)8(11)12/h2-4,7H,9H2,1H3,(H,11,12). The van der Waals surface area contributed by atoms with Gasteiger partial charge in [0.15, 0.2) is 0 Å². The Morgan fingerprint density at radius 2 is 2.42 bits per heavy atom. The van der Waals surface area contributed by atoms with Crippen LogP contribution < -0.4 is 5.73 Å². The summed E-state index contributed by atoms with van der Waals surface area (Å²) in [6.45, 7) is 1.81. The van der Waals surface area contributed by atoms with Crippen molar-refractivity contribution >= 4 is 5.97 Å². The Morgan fingerprint density at radius 1 is 1.75 bits per heavy atom. The third-order valence-corrected chi connectivity index (χ3v) is 1.68. The Morgan fingerprint density at radius 3 is 2.92 bits per heavy atom. The van der Waals surface area contributed by atoms with Crippen molar-refractivity contribution in [1.82, 2.24) is 4.98 Å². The number of aliphatic carboxylic acids is 1. The summed E-state index contributed by atoms with van der Waals surface area (Å²) in [7, 11) is 0. The molecule has 1 aromatic rings. The number of rotatable bonds is 2. The molecule has 12 heavy (non-hydrogen) atoms. The highest BCUT2D eigenvalue weighted by Gasteiger charge is 2.15. The van der Waals surface area contributed by atoms with Gasteiger partial charge in [-0.2, -0.15) is 0 Å². The maximum atomic E-state index is 10.5. The number of carboxylic acids is 1. The maximum absolute atomic E-state index is 10.5. The molecule has 3 N–H and O–H groups in total. The molecule has 0 saturated carbocycles. The minimum Gasteiger partial charge on any atom is -0.480 e. The molecule has 1 rings (SSSR count). The molecule has 0 aliphatic heterocycles. The van der Waals surface area contributed by atoms with E-state index in [0.29, 0.717) is 5.56 Å². The fourth-order valence-electron chi connectivity index (χ4n) is 0.935. The predicted octanol–water partition coefficient (Wildman–Crippen LogP) is 0.474. The summed E-state index contributed by atoms with van der Waals surface area (Å²) in [5, 5.41) is 8.61. The first kappa shape index (κ1) is 8.67. The number of carboxylic acid groups (broad SMARTS) is 1. The number of aromatic nitrogens is 1. The SMILES string of the molecule is Cc1ccncc1C(N)C(=O)O. The lowest BCUT2D eigenvalue weighted by Crippen LogP contribution is -2.21. The first-order valence-corrected chi connectivity index (χ1v) is 3.52. The monoisotopic (exact) mass is 166 g/mol. The van der Waals surface area contributed by atoms with Crippen molar-refractivity contribution in [3.8, 4) is 0 Å². The van der Waals surface area contributed by atoms with E-state index in [1.54, 1.807) is 19.2 Å². The molecule has 1 heterocycles. The molecule has 0 bridgehead atoms. The van der Waals surface area contributed by atoms with E-state index in [1.165, 1.54) is 6.20 Å². The lowest BCUT2D eigenvalue weighted by molar-refractivity contribution is -0.138. The second-order valence-electron chi connectivity index (χ2n) is 2.55. The fourth-order valence-corrected chi connectivity index (χ4v) is 0.935. The molecule has 1 aromatic heterocycles. The van der Waals surface area contributed by atoms with Gasteiger partial charge in [-0.1, -0.05) is 0 Å². The van der Waals surface area contributed by atoms with Crippen LogP contribution in [0.1, 0.15) is 17.2 Å². The van der Waals surface area contributed by atoms with Gasteiger partial charge >= 0.3 is 5.97 Å². The van der Waals surface area contributed by atoms with E-state index < -0.39 is 12.0 Å². The molecule has 0 radical (unpaired) electrons. The average Bonchev–Trinajstić information content (AvgIpc) is 2.04. The minimum absolute atomic E-state index is 0.560. The molecule has 0 aliphatic rings. The van der Waals surface area contributed by atoms with Crippen LogP contribution >= 0.6 is 0 Å². The number of nitrogens with two attached hydrogens (primary N) is 1. The number of pyridine rings is 1. The molecule has 4 heteroatoms. The van der Waals surface area contributed by atoms with Gasteiger partial charge in [0.2, 0.25) is 0 Å². The fraction of sp³-hybridized carbons (Fsp3) is 0.250. The van der Waals surface area contributed by atoms with Gasteiger partial charge in [-0.05, 0) is 18.6 Å². The van der Waals surface area contributed by atoms with Crippen LogP contribution in [0.3, 0.4) is 0 Å². The molecule has 0 aliphatic carbocycles. The summed E-state index contributed by atoms with van der Waals surface area (Å²) in [6, 6.07) is 0.761. The van der Waals surface area contributed by atoms with E-state index in [1.807, 2.05) is 0 Å². The van der Waals surface area contributed by atoms with Gasteiger partial charge in [-0.25, -0.2) is 0 Å². The quantitative estimate of drug-likeness (QED) is 0.669. The van der Waals surface area contributed by atoms with Crippen LogP contribution in [0, 0.1) is 6.92 Å². The maximum Gasteiger partial charge on any atom is 0.325 e. The molecule has 0 spiro atoms. The number of nitrogens with zero attached hydrogens (tertiary/aromatic N) is 1. The Labute approximate surface area is 70.0 Å². The van der Waals surface area contributed by atoms with E-state index in [2.05, 4.69) is 4.98 Å². The summed E-state index contributed by atoms with van der Waals surface area (Å²) >= 11 is 0. The third-order valence-electron chi connectivity index (χ3n) is 1.68. The summed E-state index contributed by atoms with van der Waals surface area (Å²) in [6.07, 6.45) is 3.08. The molecule has 0 saturated heterocycles. The largest absolute Gasteiger partial charge is 0.480 e. The van der Waals surface area contributed by atoms with E-state index in [-0.39, 0.29) is 0 Å². The van der Waals surface area contributed by atoms with Crippen molar-refractivity contribution in [2.45, 2.75) is 13.0 Å². The van der Waals surface area contributed by atoms with Crippen molar-refractivity contribution in [2.24, 2.45) is 5.73 Å². The smallest absolute Gasteiger partial charge is 0.325 e. The van der Waals surface area contributed by atoms with Gasteiger partial charge in [0.1, 0.15) is 6.04 Å².